The summed E-state index contributed by atoms with van der Waals surface area (Å²) >= 11 is 0. The van der Waals surface area contributed by atoms with Crippen molar-refractivity contribution in [3.63, 3.8) is 0 Å². The van der Waals surface area contributed by atoms with Crippen LogP contribution in [0.15, 0.2) is 30.5 Å². The molecule has 0 N–H and O–H groups in total. The van der Waals surface area contributed by atoms with Crippen molar-refractivity contribution in [3.8, 4) is 6.07 Å². The van der Waals surface area contributed by atoms with Crippen LogP contribution in [0.3, 0.4) is 0 Å². The molecule has 0 saturated carbocycles. The van der Waals surface area contributed by atoms with E-state index in [0.29, 0.717) is 29.8 Å². The number of amides is 1. The highest BCUT2D eigenvalue weighted by atomic mass is 16.5. The smallest absolute Gasteiger partial charge is 0.259 e. The number of methoxy groups -OCH3 is 1. The highest BCUT2D eigenvalue weighted by molar-refractivity contribution is 6.00. The predicted molar refractivity (Wildman–Crippen MR) is 112 cm³/mol. The lowest BCUT2D eigenvalue weighted by molar-refractivity contribution is 0.0632. The highest BCUT2D eigenvalue weighted by Crippen LogP contribution is 2.24. The van der Waals surface area contributed by atoms with Crippen molar-refractivity contribution in [3.05, 3.63) is 64.1 Å². The summed E-state index contributed by atoms with van der Waals surface area (Å²) in [5, 5.41) is 13.6. The van der Waals surface area contributed by atoms with Crippen molar-refractivity contribution in [1.82, 2.24) is 19.5 Å². The maximum Gasteiger partial charge on any atom is 0.259 e. The van der Waals surface area contributed by atoms with Gasteiger partial charge in [-0.15, -0.1) is 0 Å². The summed E-state index contributed by atoms with van der Waals surface area (Å²) in [6.45, 7) is 5.23. The van der Waals surface area contributed by atoms with Crippen LogP contribution in [0.25, 0.3) is 5.65 Å². The number of aromatic nitrogens is 3. The van der Waals surface area contributed by atoms with E-state index in [-0.39, 0.29) is 11.9 Å². The van der Waals surface area contributed by atoms with Gasteiger partial charge in [-0.05, 0) is 49.9 Å². The minimum atomic E-state index is -0.0367. The SMILES string of the molecule is COCC1CCCN1C(=O)c1cnn2c(C)c(Cc3cccc(C#N)c3)c(C)nc12. The van der Waals surface area contributed by atoms with E-state index in [4.69, 9.17) is 15.0 Å². The van der Waals surface area contributed by atoms with Crippen LogP contribution in [-0.4, -0.2) is 51.7 Å². The van der Waals surface area contributed by atoms with Crippen LogP contribution in [0.1, 0.15) is 51.3 Å². The van der Waals surface area contributed by atoms with Gasteiger partial charge in [0, 0.05) is 31.5 Å². The number of hydrogen-bond donors (Lipinski definition) is 0. The summed E-state index contributed by atoms with van der Waals surface area (Å²) < 4.78 is 7.04. The Balaban J connectivity index is 1.69. The van der Waals surface area contributed by atoms with Gasteiger partial charge in [0.25, 0.3) is 5.91 Å². The molecular weight excluding hydrogens is 378 g/mol. The van der Waals surface area contributed by atoms with Crippen LogP contribution in [-0.2, 0) is 11.2 Å². The Morgan fingerprint density at radius 1 is 1.37 bits per heavy atom. The van der Waals surface area contributed by atoms with Gasteiger partial charge < -0.3 is 9.64 Å². The van der Waals surface area contributed by atoms with Gasteiger partial charge in [-0.1, -0.05) is 12.1 Å². The van der Waals surface area contributed by atoms with E-state index in [0.717, 1.165) is 41.9 Å². The molecule has 154 valence electrons. The summed E-state index contributed by atoms with van der Waals surface area (Å²) in [6, 6.07) is 9.87. The van der Waals surface area contributed by atoms with Crippen molar-refractivity contribution >= 4 is 11.6 Å². The second-order valence-electron chi connectivity index (χ2n) is 7.79. The first kappa shape index (κ1) is 20.0. The van der Waals surface area contributed by atoms with Gasteiger partial charge in [0.05, 0.1) is 30.5 Å². The second-order valence-corrected chi connectivity index (χ2v) is 7.79. The molecule has 1 unspecified atom stereocenters. The van der Waals surface area contributed by atoms with E-state index < -0.39 is 0 Å². The Labute approximate surface area is 175 Å². The molecule has 1 saturated heterocycles. The summed E-state index contributed by atoms with van der Waals surface area (Å²) in [7, 11) is 1.67. The van der Waals surface area contributed by atoms with Crippen molar-refractivity contribution in [2.45, 2.75) is 39.2 Å². The molecule has 1 aliphatic heterocycles. The first-order chi connectivity index (χ1) is 14.5. The van der Waals surface area contributed by atoms with Gasteiger partial charge in [-0.3, -0.25) is 4.79 Å². The zero-order chi connectivity index (χ0) is 21.3. The molecule has 7 nitrogen and oxygen atoms in total. The quantitative estimate of drug-likeness (QED) is 0.654. The number of carbonyl (C=O) groups excluding carboxylic acids is 1. The van der Waals surface area contributed by atoms with Crippen LogP contribution in [0.2, 0.25) is 0 Å². The Hall–Kier alpha value is -3.24. The molecule has 1 aliphatic rings. The Morgan fingerprint density at radius 3 is 2.97 bits per heavy atom. The molecule has 0 aliphatic carbocycles. The number of nitriles is 1. The molecule has 2 aromatic heterocycles. The topological polar surface area (TPSA) is 83.5 Å². The number of nitrogens with zero attached hydrogens (tertiary/aromatic N) is 5. The molecule has 1 aromatic carbocycles. The van der Waals surface area contributed by atoms with E-state index in [1.807, 2.05) is 36.9 Å². The normalized spacial score (nSPS) is 16.2. The minimum Gasteiger partial charge on any atom is -0.383 e. The molecule has 1 fully saturated rings. The predicted octanol–water partition coefficient (Wildman–Crippen LogP) is 3.06. The van der Waals surface area contributed by atoms with Crippen LogP contribution in [0, 0.1) is 25.2 Å². The molecule has 3 aromatic rings. The van der Waals surface area contributed by atoms with E-state index in [9.17, 15) is 4.79 Å². The molecule has 1 atom stereocenters. The standard InChI is InChI=1S/C23H25N5O2/c1-15-20(11-17-6-4-7-18(10-17)12-24)16(2)28-22(26-15)21(13-25-28)23(29)27-9-5-8-19(27)14-30-3/h4,6-7,10,13,19H,5,8-9,11,14H2,1-3H3. The third-order valence-electron chi connectivity index (χ3n) is 5.87. The maximum atomic E-state index is 13.2. The molecule has 0 bridgehead atoms. The number of ether oxygens (including phenoxy) is 1. The van der Waals surface area contributed by atoms with E-state index in [1.54, 1.807) is 23.9 Å². The van der Waals surface area contributed by atoms with Crippen molar-refractivity contribution in [2.75, 3.05) is 20.3 Å². The monoisotopic (exact) mass is 403 g/mol. The molecule has 30 heavy (non-hydrogen) atoms. The molecule has 0 spiro atoms. The molecular formula is C23H25N5O2. The number of carbonyl (C=O) groups is 1. The van der Waals surface area contributed by atoms with Gasteiger partial charge in [-0.2, -0.15) is 10.4 Å². The zero-order valence-corrected chi connectivity index (χ0v) is 17.6. The fraction of sp³-hybridized carbons (Fsp3) is 0.391. The van der Waals surface area contributed by atoms with Crippen molar-refractivity contribution in [2.24, 2.45) is 0 Å². The average Bonchev–Trinajstić information content (AvgIpc) is 3.38. The first-order valence-corrected chi connectivity index (χ1v) is 10.2. The largest absolute Gasteiger partial charge is 0.383 e. The lowest BCUT2D eigenvalue weighted by Crippen LogP contribution is -2.38. The Morgan fingerprint density at radius 2 is 2.20 bits per heavy atom. The minimum absolute atomic E-state index is 0.0367. The van der Waals surface area contributed by atoms with Crippen LogP contribution < -0.4 is 0 Å². The summed E-state index contributed by atoms with van der Waals surface area (Å²) in [4.78, 5) is 19.9. The number of aryl methyl sites for hydroxylation is 2. The fourth-order valence-electron chi connectivity index (χ4n) is 4.30. The molecule has 3 heterocycles. The summed E-state index contributed by atoms with van der Waals surface area (Å²) in [6.07, 6.45) is 4.22. The number of likely N-dealkylation sites (tertiary alicyclic amines) is 1. The third-order valence-corrected chi connectivity index (χ3v) is 5.87. The number of benzene rings is 1. The van der Waals surface area contributed by atoms with Crippen molar-refractivity contribution < 1.29 is 9.53 Å². The number of rotatable bonds is 5. The van der Waals surface area contributed by atoms with Gasteiger partial charge in [0.15, 0.2) is 5.65 Å². The van der Waals surface area contributed by atoms with Gasteiger partial charge in [-0.25, -0.2) is 9.50 Å². The summed E-state index contributed by atoms with van der Waals surface area (Å²) in [5.41, 5.74) is 5.68. The lowest BCUT2D eigenvalue weighted by Gasteiger charge is -2.23. The van der Waals surface area contributed by atoms with Gasteiger partial charge in [0.1, 0.15) is 5.56 Å². The van der Waals surface area contributed by atoms with Crippen LogP contribution in [0.4, 0.5) is 0 Å². The van der Waals surface area contributed by atoms with Crippen molar-refractivity contribution in [1.29, 1.82) is 5.26 Å². The lowest BCUT2D eigenvalue weighted by atomic mass is 10.0. The molecule has 4 rings (SSSR count). The van der Waals surface area contributed by atoms with Gasteiger partial charge >= 0.3 is 0 Å². The third kappa shape index (κ3) is 3.55. The maximum absolute atomic E-state index is 13.2. The Bertz CT molecular complexity index is 1140. The fourth-order valence-corrected chi connectivity index (χ4v) is 4.30. The highest BCUT2D eigenvalue weighted by Gasteiger charge is 2.31. The first-order valence-electron chi connectivity index (χ1n) is 10.2. The molecule has 7 heteroatoms. The summed E-state index contributed by atoms with van der Waals surface area (Å²) in [5.74, 6) is -0.0367. The second kappa shape index (κ2) is 8.25. The zero-order valence-electron chi connectivity index (χ0n) is 17.6. The number of fused-ring (bicyclic) bond motifs is 1. The van der Waals surface area contributed by atoms with E-state index in [1.165, 1.54) is 0 Å². The molecule has 0 radical (unpaired) electrons. The van der Waals surface area contributed by atoms with Crippen LogP contribution >= 0.6 is 0 Å². The number of hydrogen-bond acceptors (Lipinski definition) is 5. The van der Waals surface area contributed by atoms with E-state index in [2.05, 4.69) is 11.2 Å². The average molecular weight is 403 g/mol. The van der Waals surface area contributed by atoms with Crippen LogP contribution in [0.5, 0.6) is 0 Å². The van der Waals surface area contributed by atoms with E-state index >= 15 is 0 Å². The van der Waals surface area contributed by atoms with Gasteiger partial charge in [0.2, 0.25) is 0 Å². The Kier molecular flexibility index (Phi) is 5.51. The molecule has 1 amide bonds.